The molecule has 172 valence electrons. The van der Waals surface area contributed by atoms with Gasteiger partial charge in [-0.1, -0.05) is 24.3 Å². The minimum absolute atomic E-state index is 0. The predicted molar refractivity (Wildman–Crippen MR) is 120 cm³/mol. The third-order valence-corrected chi connectivity index (χ3v) is 6.16. The molecule has 2 N–H and O–H groups in total. The second-order valence-corrected chi connectivity index (χ2v) is 8.64. The molecule has 1 fully saturated rings. The normalized spacial score (nSPS) is 16.8. The van der Waals surface area contributed by atoms with Crippen molar-refractivity contribution in [1.82, 2.24) is 14.9 Å². The number of methoxy groups -OCH3 is 1. The fourth-order valence-corrected chi connectivity index (χ4v) is 3.96. The van der Waals surface area contributed by atoms with Crippen LogP contribution in [-0.4, -0.2) is 57.0 Å². The maximum atomic E-state index is 12.7. The van der Waals surface area contributed by atoms with Gasteiger partial charge in [-0.3, -0.25) is 0 Å². The molecule has 0 atom stereocenters. The second kappa shape index (κ2) is 12.1. The van der Waals surface area contributed by atoms with Crippen LogP contribution in [0.15, 0.2) is 29.3 Å². The van der Waals surface area contributed by atoms with E-state index >= 15 is 0 Å². The van der Waals surface area contributed by atoms with Gasteiger partial charge in [0.2, 0.25) is 0 Å². The lowest BCUT2D eigenvalue weighted by molar-refractivity contribution is -0.0494. The molecule has 0 bridgehead atoms. The van der Waals surface area contributed by atoms with Gasteiger partial charge in [0.05, 0.1) is 13.2 Å². The first-order chi connectivity index (χ1) is 13.7. The topological polar surface area (TPSA) is 83.0 Å². The van der Waals surface area contributed by atoms with Crippen LogP contribution >= 0.6 is 24.0 Å². The summed E-state index contributed by atoms with van der Waals surface area (Å²) in [4.78, 5) is 4.51. The summed E-state index contributed by atoms with van der Waals surface area (Å²) in [5.41, 5.74) is -3.19. The van der Waals surface area contributed by atoms with Gasteiger partial charge in [-0.25, -0.2) is 13.4 Å². The highest BCUT2D eigenvalue weighted by Gasteiger charge is 2.50. The molecule has 1 aliphatic rings. The van der Waals surface area contributed by atoms with E-state index < -0.39 is 15.5 Å². The Bertz CT molecular complexity index is 781. The number of rotatable bonds is 7. The Hall–Kier alpha value is -1.12. The maximum absolute atomic E-state index is 12.7. The standard InChI is InChI=1S/C18H27F3N4O3S.HI/c1-3-22-17(23-12-14-4-6-15(7-5-14)13-28-2)24-16-8-10-25(11-9-16)29(26,27)18(19,20)21;/h4-7,16H,3,8-13H2,1-2H3,(H2,22,23,24);1H. The fraction of sp³-hybridized carbons (Fsp3) is 0.611. The lowest BCUT2D eigenvalue weighted by Gasteiger charge is -2.32. The van der Waals surface area contributed by atoms with Gasteiger partial charge in [0.25, 0.3) is 0 Å². The molecule has 1 aliphatic heterocycles. The van der Waals surface area contributed by atoms with E-state index in [0.29, 0.717) is 30.0 Å². The second-order valence-electron chi connectivity index (χ2n) is 6.71. The highest BCUT2D eigenvalue weighted by molar-refractivity contribution is 14.0. The Morgan fingerprint density at radius 3 is 2.27 bits per heavy atom. The van der Waals surface area contributed by atoms with Crippen molar-refractivity contribution in [2.75, 3.05) is 26.7 Å². The lowest BCUT2D eigenvalue weighted by atomic mass is 10.1. The molecule has 1 aromatic carbocycles. The van der Waals surface area contributed by atoms with Crippen LogP contribution in [0.3, 0.4) is 0 Å². The van der Waals surface area contributed by atoms with Crippen molar-refractivity contribution in [1.29, 1.82) is 0 Å². The molecule has 0 amide bonds. The molecule has 7 nitrogen and oxygen atoms in total. The summed E-state index contributed by atoms with van der Waals surface area (Å²) in [6.07, 6.45) is 0.539. The van der Waals surface area contributed by atoms with Gasteiger partial charge in [-0.2, -0.15) is 17.5 Å². The van der Waals surface area contributed by atoms with Crippen LogP contribution in [-0.2, 0) is 27.9 Å². The molecule has 1 heterocycles. The molecular weight excluding hydrogens is 536 g/mol. The summed E-state index contributed by atoms with van der Waals surface area (Å²) in [6.45, 7) is 3.15. The fourth-order valence-electron chi connectivity index (χ4n) is 2.98. The van der Waals surface area contributed by atoms with E-state index in [4.69, 9.17) is 4.74 Å². The molecule has 0 aromatic heterocycles. The van der Waals surface area contributed by atoms with Crippen LogP contribution < -0.4 is 10.6 Å². The molecule has 0 unspecified atom stereocenters. The number of nitrogens with one attached hydrogen (secondary N) is 2. The number of halogens is 4. The van der Waals surface area contributed by atoms with E-state index in [1.807, 2.05) is 31.2 Å². The Morgan fingerprint density at radius 1 is 1.20 bits per heavy atom. The predicted octanol–water partition coefficient (Wildman–Crippen LogP) is 2.82. The number of aliphatic imine (C=N–C) groups is 1. The number of hydrogen-bond donors (Lipinski definition) is 2. The molecule has 0 spiro atoms. The number of nitrogens with zero attached hydrogens (tertiary/aromatic N) is 2. The van der Waals surface area contributed by atoms with Gasteiger partial charge < -0.3 is 15.4 Å². The van der Waals surface area contributed by atoms with Crippen LogP contribution in [0.4, 0.5) is 13.2 Å². The number of alkyl halides is 3. The molecule has 12 heteroatoms. The van der Waals surface area contributed by atoms with Gasteiger partial charge in [-0.05, 0) is 30.9 Å². The van der Waals surface area contributed by atoms with E-state index in [9.17, 15) is 21.6 Å². The van der Waals surface area contributed by atoms with E-state index in [2.05, 4.69) is 15.6 Å². The van der Waals surface area contributed by atoms with Crippen molar-refractivity contribution in [2.45, 2.75) is 44.5 Å². The number of benzene rings is 1. The van der Waals surface area contributed by atoms with Crippen molar-refractivity contribution >= 4 is 40.0 Å². The summed E-state index contributed by atoms with van der Waals surface area (Å²) < 4.78 is 66.6. The highest BCUT2D eigenvalue weighted by Crippen LogP contribution is 2.28. The number of guanidine groups is 1. The largest absolute Gasteiger partial charge is 0.511 e. The first-order valence-corrected chi connectivity index (χ1v) is 10.8. The van der Waals surface area contributed by atoms with Crippen molar-refractivity contribution in [2.24, 2.45) is 4.99 Å². The zero-order chi connectivity index (χ0) is 21.5. The third-order valence-electron chi connectivity index (χ3n) is 4.53. The first kappa shape index (κ1) is 26.9. The van der Waals surface area contributed by atoms with Gasteiger partial charge in [0.15, 0.2) is 5.96 Å². The average molecular weight is 564 g/mol. The summed E-state index contributed by atoms with van der Waals surface area (Å²) in [6, 6.07) is 7.69. The van der Waals surface area contributed by atoms with Crippen LogP contribution in [0.5, 0.6) is 0 Å². The van der Waals surface area contributed by atoms with Crippen molar-refractivity contribution in [3.05, 3.63) is 35.4 Å². The molecule has 2 rings (SSSR count). The quantitative estimate of drug-likeness (QED) is 0.303. The molecule has 0 radical (unpaired) electrons. The zero-order valence-electron chi connectivity index (χ0n) is 16.9. The van der Waals surface area contributed by atoms with Gasteiger partial charge in [-0.15, -0.1) is 24.0 Å². The summed E-state index contributed by atoms with van der Waals surface area (Å²) in [5, 5.41) is 6.29. The highest BCUT2D eigenvalue weighted by atomic mass is 127. The molecule has 0 aliphatic carbocycles. The summed E-state index contributed by atoms with van der Waals surface area (Å²) in [7, 11) is -3.63. The van der Waals surface area contributed by atoms with E-state index in [0.717, 1.165) is 11.1 Å². The monoisotopic (exact) mass is 564 g/mol. The Balaban J connectivity index is 0.00000450. The van der Waals surface area contributed by atoms with Gasteiger partial charge >= 0.3 is 15.5 Å². The number of piperidine rings is 1. The summed E-state index contributed by atoms with van der Waals surface area (Å²) >= 11 is 0. The molecule has 1 aromatic rings. The van der Waals surface area contributed by atoms with E-state index in [1.54, 1.807) is 7.11 Å². The van der Waals surface area contributed by atoms with Gasteiger partial charge in [0.1, 0.15) is 0 Å². The zero-order valence-corrected chi connectivity index (χ0v) is 20.1. The minimum atomic E-state index is -5.26. The summed E-state index contributed by atoms with van der Waals surface area (Å²) in [5.74, 6) is 0.547. The SMILES string of the molecule is CCNC(=NCc1ccc(COC)cc1)NC1CCN(S(=O)(=O)C(F)(F)F)CC1.I. The number of hydrogen-bond acceptors (Lipinski definition) is 4. The molecule has 30 heavy (non-hydrogen) atoms. The molecule has 1 saturated heterocycles. The molecule has 0 saturated carbocycles. The van der Waals surface area contributed by atoms with Crippen LogP contribution in [0, 0.1) is 0 Å². The van der Waals surface area contributed by atoms with Crippen molar-refractivity contribution < 1.29 is 26.3 Å². The van der Waals surface area contributed by atoms with Gasteiger partial charge in [0, 0.05) is 32.8 Å². The average Bonchev–Trinajstić information content (AvgIpc) is 2.67. The van der Waals surface area contributed by atoms with Crippen molar-refractivity contribution in [3.8, 4) is 0 Å². The van der Waals surface area contributed by atoms with Crippen molar-refractivity contribution in [3.63, 3.8) is 0 Å². The maximum Gasteiger partial charge on any atom is 0.511 e. The Kier molecular flexibility index (Phi) is 10.8. The number of ether oxygens (including phenoxy) is 1. The van der Waals surface area contributed by atoms with Crippen LogP contribution in [0.1, 0.15) is 30.9 Å². The Morgan fingerprint density at radius 2 is 1.77 bits per heavy atom. The Labute approximate surface area is 192 Å². The smallest absolute Gasteiger partial charge is 0.380 e. The third kappa shape index (κ3) is 7.54. The van der Waals surface area contributed by atoms with E-state index in [-0.39, 0.29) is 55.9 Å². The first-order valence-electron chi connectivity index (χ1n) is 9.35. The van der Waals surface area contributed by atoms with Crippen LogP contribution in [0.2, 0.25) is 0 Å². The lowest BCUT2D eigenvalue weighted by Crippen LogP contribution is -2.51. The minimum Gasteiger partial charge on any atom is -0.380 e. The van der Waals surface area contributed by atoms with Crippen LogP contribution in [0.25, 0.3) is 0 Å². The number of sulfonamides is 1. The molecular formula is C18H28F3IN4O3S. The van der Waals surface area contributed by atoms with E-state index in [1.165, 1.54) is 0 Å².